The van der Waals surface area contributed by atoms with Crippen molar-refractivity contribution in [3.05, 3.63) is 71.3 Å². The first-order valence-electron chi connectivity index (χ1n) is 8.69. The van der Waals surface area contributed by atoms with Crippen LogP contribution >= 0.6 is 0 Å². The van der Waals surface area contributed by atoms with Crippen molar-refractivity contribution in [1.29, 1.82) is 0 Å². The van der Waals surface area contributed by atoms with Gasteiger partial charge in [0, 0.05) is 13.7 Å². The lowest BCUT2D eigenvalue weighted by Crippen LogP contribution is -2.49. The third-order valence-corrected chi connectivity index (χ3v) is 3.90. The highest BCUT2D eigenvalue weighted by Gasteiger charge is 2.30. The van der Waals surface area contributed by atoms with Gasteiger partial charge >= 0.3 is 12.3 Å². The molecule has 1 atom stereocenters. The fourth-order valence-corrected chi connectivity index (χ4v) is 2.38. The Morgan fingerprint density at radius 2 is 1.66 bits per heavy atom. The first-order chi connectivity index (χ1) is 13.8. The van der Waals surface area contributed by atoms with Crippen LogP contribution in [0.4, 0.5) is 18.0 Å². The third kappa shape index (κ3) is 7.46. The molecule has 0 heterocycles. The van der Waals surface area contributed by atoms with Gasteiger partial charge in [0.2, 0.25) is 5.91 Å². The van der Waals surface area contributed by atoms with E-state index in [1.807, 2.05) is 6.07 Å². The summed E-state index contributed by atoms with van der Waals surface area (Å²) in [6.07, 6.45) is -5.21. The second-order valence-electron chi connectivity index (χ2n) is 6.13. The summed E-state index contributed by atoms with van der Waals surface area (Å²) in [5.74, 6) is -0.552. The largest absolute Gasteiger partial charge is 0.445 e. The average molecular weight is 410 g/mol. The van der Waals surface area contributed by atoms with Gasteiger partial charge in [-0.2, -0.15) is 13.2 Å². The van der Waals surface area contributed by atoms with E-state index in [9.17, 15) is 22.8 Å². The molecule has 6 nitrogen and oxygen atoms in total. The summed E-state index contributed by atoms with van der Waals surface area (Å²) in [7, 11) is 1.37. The lowest BCUT2D eigenvalue weighted by atomic mass is 10.1. The van der Waals surface area contributed by atoms with Crippen LogP contribution in [0.2, 0.25) is 0 Å². The SMILES string of the molecule is COCC(NC(=O)OCc1ccccc1)C(=O)NCc1ccc(C(F)(F)F)cc1. The fraction of sp³-hybridized carbons (Fsp3) is 0.300. The number of halogens is 3. The van der Waals surface area contributed by atoms with Gasteiger partial charge < -0.3 is 20.1 Å². The molecule has 2 aromatic carbocycles. The maximum Gasteiger partial charge on any atom is 0.416 e. The predicted octanol–water partition coefficient (Wildman–Crippen LogP) is 3.26. The topological polar surface area (TPSA) is 76.7 Å². The molecule has 0 bridgehead atoms. The van der Waals surface area contributed by atoms with Crippen LogP contribution in [-0.2, 0) is 33.6 Å². The molecule has 0 spiro atoms. The molecule has 2 N–H and O–H groups in total. The van der Waals surface area contributed by atoms with Crippen LogP contribution < -0.4 is 10.6 Å². The minimum Gasteiger partial charge on any atom is -0.445 e. The number of hydrogen-bond donors (Lipinski definition) is 2. The minimum absolute atomic E-state index is 0.00206. The van der Waals surface area contributed by atoms with E-state index in [1.54, 1.807) is 24.3 Å². The molecule has 9 heteroatoms. The second-order valence-corrected chi connectivity index (χ2v) is 6.13. The summed E-state index contributed by atoms with van der Waals surface area (Å²) in [5, 5.41) is 4.96. The number of nitrogens with one attached hydrogen (secondary N) is 2. The molecule has 2 rings (SSSR count). The molecule has 0 aromatic heterocycles. The molecule has 0 radical (unpaired) electrons. The van der Waals surface area contributed by atoms with E-state index < -0.39 is 29.8 Å². The van der Waals surface area contributed by atoms with E-state index in [1.165, 1.54) is 19.2 Å². The maximum atomic E-state index is 12.6. The normalized spacial score (nSPS) is 12.1. The summed E-state index contributed by atoms with van der Waals surface area (Å²) < 4.78 is 47.8. The molecule has 1 unspecified atom stereocenters. The number of hydrogen-bond acceptors (Lipinski definition) is 4. The van der Waals surface area contributed by atoms with Gasteiger partial charge in [0.25, 0.3) is 0 Å². The van der Waals surface area contributed by atoms with Crippen molar-refractivity contribution in [2.75, 3.05) is 13.7 Å². The van der Waals surface area contributed by atoms with E-state index in [4.69, 9.17) is 9.47 Å². The summed E-state index contributed by atoms with van der Waals surface area (Å²) in [6, 6.07) is 12.4. The Kier molecular flexibility index (Phi) is 8.02. The molecule has 0 aliphatic rings. The average Bonchev–Trinajstić information content (AvgIpc) is 2.70. The zero-order chi connectivity index (χ0) is 21.3. The Balaban J connectivity index is 1.85. The van der Waals surface area contributed by atoms with Gasteiger partial charge in [0.15, 0.2) is 0 Å². The third-order valence-electron chi connectivity index (χ3n) is 3.90. The van der Waals surface area contributed by atoms with Crippen LogP contribution in [0.5, 0.6) is 0 Å². The molecule has 0 fully saturated rings. The van der Waals surface area contributed by atoms with Crippen molar-refractivity contribution in [3.8, 4) is 0 Å². The minimum atomic E-state index is -4.42. The highest BCUT2D eigenvalue weighted by molar-refractivity contribution is 5.85. The number of carbonyl (C=O) groups excluding carboxylic acids is 2. The zero-order valence-electron chi connectivity index (χ0n) is 15.7. The van der Waals surface area contributed by atoms with E-state index in [0.29, 0.717) is 5.56 Å². The van der Waals surface area contributed by atoms with Crippen molar-refractivity contribution in [1.82, 2.24) is 10.6 Å². The number of carbonyl (C=O) groups is 2. The lowest BCUT2D eigenvalue weighted by Gasteiger charge is -2.18. The molecular formula is C20H21F3N2O4. The number of rotatable bonds is 8. The molecule has 0 aliphatic carbocycles. The van der Waals surface area contributed by atoms with Crippen molar-refractivity contribution >= 4 is 12.0 Å². The zero-order valence-corrected chi connectivity index (χ0v) is 15.7. The lowest BCUT2D eigenvalue weighted by molar-refractivity contribution is -0.137. The number of methoxy groups -OCH3 is 1. The summed E-state index contributed by atoms with van der Waals surface area (Å²) in [4.78, 5) is 24.2. The number of amides is 2. The van der Waals surface area contributed by atoms with E-state index >= 15 is 0 Å². The van der Waals surface area contributed by atoms with Crippen molar-refractivity contribution < 1.29 is 32.2 Å². The summed E-state index contributed by atoms with van der Waals surface area (Å²) in [6.45, 7) is -0.0588. The first kappa shape index (κ1) is 22.2. The number of alkyl carbamates (subject to hydrolysis) is 1. The Hall–Kier alpha value is -3.07. The summed E-state index contributed by atoms with van der Waals surface area (Å²) >= 11 is 0. The molecule has 29 heavy (non-hydrogen) atoms. The van der Waals surface area contributed by atoms with E-state index in [-0.39, 0.29) is 19.8 Å². The standard InChI is InChI=1S/C20H21F3N2O4/c1-28-13-17(25-19(27)29-12-15-5-3-2-4-6-15)18(26)24-11-14-7-9-16(10-8-14)20(21,22)23/h2-10,17H,11-13H2,1H3,(H,24,26)(H,25,27). The highest BCUT2D eigenvalue weighted by atomic mass is 19.4. The number of ether oxygens (including phenoxy) is 2. The van der Waals surface area contributed by atoms with E-state index in [2.05, 4.69) is 10.6 Å². The monoisotopic (exact) mass is 410 g/mol. The van der Waals surface area contributed by atoms with Crippen LogP contribution in [0, 0.1) is 0 Å². The maximum absolute atomic E-state index is 12.6. The van der Waals surface area contributed by atoms with Gasteiger partial charge in [-0.15, -0.1) is 0 Å². The fourth-order valence-electron chi connectivity index (χ4n) is 2.38. The van der Waals surface area contributed by atoms with Gasteiger partial charge in [-0.25, -0.2) is 4.79 Å². The number of alkyl halides is 3. The Bertz CT molecular complexity index is 796. The highest BCUT2D eigenvalue weighted by Crippen LogP contribution is 2.29. The van der Waals surface area contributed by atoms with Crippen LogP contribution in [0.25, 0.3) is 0 Å². The molecule has 2 amide bonds. The van der Waals surface area contributed by atoms with Crippen molar-refractivity contribution in [2.45, 2.75) is 25.4 Å². The van der Waals surface area contributed by atoms with Gasteiger partial charge in [0.05, 0.1) is 12.2 Å². The molecule has 0 saturated carbocycles. The Morgan fingerprint density at radius 3 is 2.24 bits per heavy atom. The summed E-state index contributed by atoms with van der Waals surface area (Å²) in [5.41, 5.74) is 0.500. The molecule has 2 aromatic rings. The first-order valence-corrected chi connectivity index (χ1v) is 8.69. The van der Waals surface area contributed by atoms with Gasteiger partial charge in [0.1, 0.15) is 12.6 Å². The smallest absolute Gasteiger partial charge is 0.416 e. The second kappa shape index (κ2) is 10.5. The van der Waals surface area contributed by atoms with Crippen LogP contribution in [0.3, 0.4) is 0 Å². The van der Waals surface area contributed by atoms with Gasteiger partial charge in [-0.1, -0.05) is 42.5 Å². The van der Waals surface area contributed by atoms with Crippen LogP contribution in [0.1, 0.15) is 16.7 Å². The van der Waals surface area contributed by atoms with Gasteiger partial charge in [-0.3, -0.25) is 4.79 Å². The predicted molar refractivity (Wildman–Crippen MR) is 98.7 cm³/mol. The van der Waals surface area contributed by atoms with Crippen molar-refractivity contribution in [3.63, 3.8) is 0 Å². The number of benzene rings is 2. The van der Waals surface area contributed by atoms with E-state index in [0.717, 1.165) is 17.7 Å². The van der Waals surface area contributed by atoms with Crippen LogP contribution in [-0.4, -0.2) is 31.8 Å². The van der Waals surface area contributed by atoms with Crippen LogP contribution in [0.15, 0.2) is 54.6 Å². The Morgan fingerprint density at radius 1 is 1.00 bits per heavy atom. The molecule has 0 saturated heterocycles. The molecule has 156 valence electrons. The van der Waals surface area contributed by atoms with Gasteiger partial charge in [-0.05, 0) is 23.3 Å². The molecule has 0 aliphatic heterocycles. The Labute approximate surface area is 166 Å². The molecular weight excluding hydrogens is 389 g/mol. The van der Waals surface area contributed by atoms with Crippen molar-refractivity contribution in [2.24, 2.45) is 0 Å². The quantitative estimate of drug-likeness (QED) is 0.701.